The summed E-state index contributed by atoms with van der Waals surface area (Å²) in [6, 6.07) is 14.7. The predicted octanol–water partition coefficient (Wildman–Crippen LogP) is 3.37. The molecule has 0 atom stereocenters. The fraction of sp³-hybridized carbons (Fsp3) is 0.100. The maximum atomic E-state index is 9.07. The van der Waals surface area contributed by atoms with Crippen LogP contribution in [0.2, 0.25) is 0 Å². The number of H-pyrrole nitrogens is 1. The molecule has 3 rings (SSSR count). The van der Waals surface area contributed by atoms with Crippen molar-refractivity contribution >= 4 is 17.3 Å². The lowest BCUT2D eigenvalue weighted by Gasteiger charge is -2.11. The van der Waals surface area contributed by atoms with Crippen LogP contribution in [0.1, 0.15) is 22.3 Å². The van der Waals surface area contributed by atoms with Crippen LogP contribution in [0.15, 0.2) is 42.6 Å². The van der Waals surface area contributed by atoms with E-state index in [1.807, 2.05) is 13.8 Å². The fourth-order valence-corrected chi connectivity index (χ4v) is 2.59. The Morgan fingerprint density at radius 1 is 1.04 bits per heavy atom. The van der Waals surface area contributed by atoms with Gasteiger partial charge in [0.1, 0.15) is 11.4 Å². The molecule has 0 fully saturated rings. The summed E-state index contributed by atoms with van der Waals surface area (Å²) in [5.74, 6) is 1.30. The Morgan fingerprint density at radius 3 is 2.26 bits per heavy atom. The molecule has 0 aliphatic carbocycles. The first kappa shape index (κ1) is 17.7. The first-order valence-electron chi connectivity index (χ1n) is 8.14. The number of nitrogens with zero attached hydrogens (tertiary/aromatic N) is 3. The minimum Gasteiger partial charge on any atom is -0.424 e. The summed E-state index contributed by atoms with van der Waals surface area (Å²) in [6.45, 7) is 3.73. The number of anilines is 3. The largest absolute Gasteiger partial charge is 0.424 e. The number of nitrogen functional groups attached to an aromatic ring is 1. The smallest absolute Gasteiger partial charge is 0.397 e. The van der Waals surface area contributed by atoms with Gasteiger partial charge in [-0.05, 0) is 66.4 Å². The maximum absolute atomic E-state index is 9.07. The Hall–Kier alpha value is -4.10. The van der Waals surface area contributed by atoms with E-state index in [4.69, 9.17) is 21.0 Å². The van der Waals surface area contributed by atoms with Gasteiger partial charge in [0.2, 0.25) is 0 Å². The van der Waals surface area contributed by atoms with E-state index in [0.717, 1.165) is 16.8 Å². The topological polar surface area (TPSA) is 122 Å². The number of nitrogens with two attached hydrogens (primary N) is 1. The standard InChI is InChI=1S/C20H16N6O/c1-12-7-15(10-22)8-13(2)18(12)27-19-17(23)11-24-20(26-19)25-16-5-3-14(9-21)4-6-16/h3-8,11H,23H2,1-2H3,(H,24,25,26)/p+1. The second kappa shape index (κ2) is 7.42. The monoisotopic (exact) mass is 357 g/mol. The highest BCUT2D eigenvalue weighted by molar-refractivity contribution is 5.56. The highest BCUT2D eigenvalue weighted by atomic mass is 16.5. The second-order valence-electron chi connectivity index (χ2n) is 5.98. The van der Waals surface area contributed by atoms with E-state index in [9.17, 15) is 0 Å². The molecule has 1 heterocycles. The van der Waals surface area contributed by atoms with E-state index in [-0.39, 0.29) is 5.88 Å². The molecule has 2 aromatic carbocycles. The number of aromatic amines is 1. The van der Waals surface area contributed by atoms with Crippen LogP contribution in [0.3, 0.4) is 0 Å². The van der Waals surface area contributed by atoms with Crippen LogP contribution in [-0.2, 0) is 0 Å². The van der Waals surface area contributed by atoms with E-state index in [2.05, 4.69) is 27.4 Å². The number of hydrogen-bond donors (Lipinski definition) is 2. The molecule has 27 heavy (non-hydrogen) atoms. The summed E-state index contributed by atoms with van der Waals surface area (Å²) in [7, 11) is 0. The van der Waals surface area contributed by atoms with Crippen molar-refractivity contribution in [3.05, 3.63) is 64.8 Å². The zero-order chi connectivity index (χ0) is 19.4. The summed E-state index contributed by atoms with van der Waals surface area (Å²) in [5, 5.41) is 21.0. The number of hydrogen-bond acceptors (Lipinski definition) is 6. The lowest BCUT2D eigenvalue weighted by atomic mass is 10.1. The minimum absolute atomic E-state index is 0.251. The van der Waals surface area contributed by atoms with Crippen LogP contribution < -0.4 is 20.8 Å². The van der Waals surface area contributed by atoms with Crippen molar-refractivity contribution in [3.63, 3.8) is 0 Å². The number of nitriles is 2. The van der Waals surface area contributed by atoms with E-state index in [1.54, 1.807) is 42.6 Å². The zero-order valence-electron chi connectivity index (χ0n) is 14.9. The lowest BCUT2D eigenvalue weighted by Crippen LogP contribution is -2.14. The van der Waals surface area contributed by atoms with Gasteiger partial charge in [0, 0.05) is 0 Å². The van der Waals surface area contributed by atoms with Gasteiger partial charge < -0.3 is 10.5 Å². The number of aryl methyl sites for hydroxylation is 2. The molecule has 0 saturated carbocycles. The Balaban J connectivity index is 1.88. The normalized spacial score (nSPS) is 9.93. The van der Waals surface area contributed by atoms with Gasteiger partial charge in [-0.2, -0.15) is 10.5 Å². The highest BCUT2D eigenvalue weighted by Gasteiger charge is 2.17. The minimum atomic E-state index is 0.251. The van der Waals surface area contributed by atoms with Gasteiger partial charge in [-0.3, -0.25) is 0 Å². The van der Waals surface area contributed by atoms with Gasteiger partial charge in [0.25, 0.3) is 0 Å². The molecule has 0 spiro atoms. The first-order chi connectivity index (χ1) is 13.0. The molecule has 0 saturated heterocycles. The molecule has 0 aliphatic rings. The maximum Gasteiger partial charge on any atom is 0.397 e. The number of nitrogens with one attached hydrogen (secondary N) is 2. The summed E-state index contributed by atoms with van der Waals surface area (Å²) in [6.07, 6.45) is 1.59. The molecule has 0 aliphatic heterocycles. The van der Waals surface area contributed by atoms with Crippen molar-refractivity contribution in [1.29, 1.82) is 10.5 Å². The second-order valence-corrected chi connectivity index (χ2v) is 5.98. The summed E-state index contributed by atoms with van der Waals surface area (Å²) >= 11 is 0. The molecular weight excluding hydrogens is 340 g/mol. The van der Waals surface area contributed by atoms with Crippen LogP contribution >= 0.6 is 0 Å². The molecule has 4 N–H and O–H groups in total. The fourth-order valence-electron chi connectivity index (χ4n) is 2.59. The van der Waals surface area contributed by atoms with Gasteiger partial charge >= 0.3 is 11.8 Å². The first-order valence-corrected chi connectivity index (χ1v) is 8.14. The van der Waals surface area contributed by atoms with Crippen molar-refractivity contribution in [2.45, 2.75) is 13.8 Å². The zero-order valence-corrected chi connectivity index (χ0v) is 14.9. The average Bonchev–Trinajstić information content (AvgIpc) is 2.67. The third-order valence-electron chi connectivity index (χ3n) is 3.89. The Labute approximate surface area is 156 Å². The SMILES string of the molecule is Cc1cc(C#N)cc(C)c1Oc1nc(Nc2ccc(C#N)cc2)[nH+]cc1N. The van der Waals surface area contributed by atoms with Crippen LogP contribution in [-0.4, -0.2) is 4.98 Å². The van der Waals surface area contributed by atoms with Crippen molar-refractivity contribution < 1.29 is 9.72 Å². The molecule has 7 nitrogen and oxygen atoms in total. The molecular formula is C20H17N6O+. The van der Waals surface area contributed by atoms with Gasteiger partial charge in [0.05, 0.1) is 35.1 Å². The van der Waals surface area contributed by atoms with E-state index in [1.165, 1.54) is 0 Å². The van der Waals surface area contributed by atoms with Gasteiger partial charge in [0.15, 0.2) is 0 Å². The van der Waals surface area contributed by atoms with Gasteiger partial charge in [-0.25, -0.2) is 10.3 Å². The third kappa shape index (κ3) is 3.94. The molecule has 3 aromatic rings. The van der Waals surface area contributed by atoms with Gasteiger partial charge in [-0.15, -0.1) is 0 Å². The van der Waals surface area contributed by atoms with Crippen LogP contribution in [0.4, 0.5) is 17.3 Å². The summed E-state index contributed by atoms with van der Waals surface area (Å²) < 4.78 is 5.94. The van der Waals surface area contributed by atoms with Crippen molar-refractivity contribution in [3.8, 4) is 23.8 Å². The van der Waals surface area contributed by atoms with Crippen molar-refractivity contribution in [2.24, 2.45) is 0 Å². The van der Waals surface area contributed by atoms with Crippen LogP contribution in [0.25, 0.3) is 0 Å². The predicted molar refractivity (Wildman–Crippen MR) is 100 cm³/mol. The molecule has 1 aromatic heterocycles. The molecule has 7 heteroatoms. The van der Waals surface area contributed by atoms with Crippen molar-refractivity contribution in [1.82, 2.24) is 4.98 Å². The average molecular weight is 357 g/mol. The quantitative estimate of drug-likeness (QED) is 0.738. The van der Waals surface area contributed by atoms with Crippen LogP contribution in [0.5, 0.6) is 11.6 Å². The van der Waals surface area contributed by atoms with Gasteiger partial charge in [-0.1, -0.05) is 0 Å². The molecule has 0 bridgehead atoms. The third-order valence-corrected chi connectivity index (χ3v) is 3.89. The van der Waals surface area contributed by atoms with Crippen LogP contribution in [0, 0.1) is 36.5 Å². The Morgan fingerprint density at radius 2 is 1.67 bits per heavy atom. The Kier molecular flexibility index (Phi) is 4.87. The molecule has 132 valence electrons. The number of rotatable bonds is 4. The highest BCUT2D eigenvalue weighted by Crippen LogP contribution is 2.31. The van der Waals surface area contributed by atoms with E-state index < -0.39 is 0 Å². The number of aromatic nitrogens is 2. The lowest BCUT2D eigenvalue weighted by molar-refractivity contribution is -0.363. The van der Waals surface area contributed by atoms with E-state index in [0.29, 0.717) is 28.5 Å². The summed E-state index contributed by atoms with van der Waals surface area (Å²) in [5.41, 5.74) is 9.89. The van der Waals surface area contributed by atoms with E-state index >= 15 is 0 Å². The number of benzene rings is 2. The number of ether oxygens (including phenoxy) is 1. The Bertz CT molecular complexity index is 1050. The molecule has 0 amide bonds. The molecule has 0 radical (unpaired) electrons. The summed E-state index contributed by atoms with van der Waals surface area (Å²) in [4.78, 5) is 7.34. The molecule has 0 unspecified atom stereocenters. The van der Waals surface area contributed by atoms with Crippen molar-refractivity contribution in [2.75, 3.05) is 11.1 Å².